The molecule has 3 nitrogen and oxygen atoms in total. The number of rotatable bonds is 7. The van der Waals surface area contributed by atoms with Gasteiger partial charge in [-0.3, -0.25) is 4.90 Å². The Balaban J connectivity index is 1.95. The first kappa shape index (κ1) is 12.9. The van der Waals surface area contributed by atoms with Gasteiger partial charge < -0.3 is 9.84 Å². The van der Waals surface area contributed by atoms with Gasteiger partial charge in [0.25, 0.3) is 0 Å². The monoisotopic (exact) mass is 215 g/mol. The fourth-order valence-corrected chi connectivity index (χ4v) is 2.02. The summed E-state index contributed by atoms with van der Waals surface area (Å²) in [6.07, 6.45) is 4.79. The van der Waals surface area contributed by atoms with Crippen LogP contribution in [0.1, 0.15) is 32.6 Å². The van der Waals surface area contributed by atoms with Crippen LogP contribution in [0.5, 0.6) is 0 Å². The van der Waals surface area contributed by atoms with E-state index < -0.39 is 0 Å². The Morgan fingerprint density at radius 1 is 1.27 bits per heavy atom. The lowest BCUT2D eigenvalue weighted by molar-refractivity contribution is 0.0369. The summed E-state index contributed by atoms with van der Waals surface area (Å²) in [6.45, 7) is 7.69. The van der Waals surface area contributed by atoms with E-state index >= 15 is 0 Å². The highest BCUT2D eigenvalue weighted by Crippen LogP contribution is 2.12. The van der Waals surface area contributed by atoms with Crippen molar-refractivity contribution in [1.29, 1.82) is 0 Å². The van der Waals surface area contributed by atoms with Crippen LogP contribution in [0.2, 0.25) is 0 Å². The first-order chi connectivity index (χ1) is 7.36. The molecule has 1 saturated heterocycles. The second kappa shape index (κ2) is 8.08. The molecule has 1 aliphatic heterocycles. The van der Waals surface area contributed by atoms with Gasteiger partial charge in [-0.15, -0.1) is 0 Å². The molecule has 0 amide bonds. The summed E-state index contributed by atoms with van der Waals surface area (Å²) < 4.78 is 5.30. The van der Waals surface area contributed by atoms with Crippen molar-refractivity contribution in [2.45, 2.75) is 32.6 Å². The lowest BCUT2D eigenvalue weighted by atomic mass is 10.0. The SMILES string of the molecule is CC[C@@H](CO)CCCCN1CCOCC1. The number of unbranched alkanes of at least 4 members (excludes halogenated alkanes) is 1. The average molecular weight is 215 g/mol. The van der Waals surface area contributed by atoms with E-state index in [9.17, 15) is 0 Å². The van der Waals surface area contributed by atoms with Gasteiger partial charge in [-0.1, -0.05) is 19.8 Å². The number of nitrogens with zero attached hydrogens (tertiary/aromatic N) is 1. The summed E-state index contributed by atoms with van der Waals surface area (Å²) in [5.41, 5.74) is 0. The third-order valence-corrected chi connectivity index (χ3v) is 3.28. The van der Waals surface area contributed by atoms with Crippen LogP contribution in [0.4, 0.5) is 0 Å². The maximum absolute atomic E-state index is 9.05. The molecule has 0 spiro atoms. The minimum Gasteiger partial charge on any atom is -0.396 e. The zero-order chi connectivity index (χ0) is 10.9. The Labute approximate surface area is 93.4 Å². The molecular formula is C12H25NO2. The van der Waals surface area contributed by atoms with Gasteiger partial charge in [-0.25, -0.2) is 0 Å². The van der Waals surface area contributed by atoms with Crippen molar-refractivity contribution in [3.8, 4) is 0 Å². The van der Waals surface area contributed by atoms with Crippen LogP contribution >= 0.6 is 0 Å². The largest absolute Gasteiger partial charge is 0.396 e. The van der Waals surface area contributed by atoms with E-state index in [0.717, 1.165) is 32.7 Å². The van der Waals surface area contributed by atoms with Gasteiger partial charge in [0.1, 0.15) is 0 Å². The Kier molecular flexibility index (Phi) is 6.98. The van der Waals surface area contributed by atoms with Gasteiger partial charge in [0.05, 0.1) is 13.2 Å². The van der Waals surface area contributed by atoms with Gasteiger partial charge in [-0.2, -0.15) is 0 Å². The van der Waals surface area contributed by atoms with Crippen molar-refractivity contribution in [3.63, 3.8) is 0 Å². The molecule has 0 bridgehead atoms. The summed E-state index contributed by atoms with van der Waals surface area (Å²) in [4.78, 5) is 2.48. The fraction of sp³-hybridized carbons (Fsp3) is 1.00. The lowest BCUT2D eigenvalue weighted by Gasteiger charge is -2.26. The van der Waals surface area contributed by atoms with Crippen LogP contribution in [-0.2, 0) is 4.74 Å². The second-order valence-corrected chi connectivity index (χ2v) is 4.41. The quantitative estimate of drug-likeness (QED) is 0.653. The van der Waals surface area contributed by atoms with Crippen LogP contribution in [-0.4, -0.2) is 49.5 Å². The van der Waals surface area contributed by atoms with E-state index in [1.165, 1.54) is 25.8 Å². The summed E-state index contributed by atoms with van der Waals surface area (Å²) in [6, 6.07) is 0. The molecule has 0 aromatic heterocycles. The first-order valence-corrected chi connectivity index (χ1v) is 6.27. The third kappa shape index (κ3) is 5.50. The van der Waals surface area contributed by atoms with Gasteiger partial charge in [0, 0.05) is 19.7 Å². The van der Waals surface area contributed by atoms with Crippen LogP contribution in [0.25, 0.3) is 0 Å². The van der Waals surface area contributed by atoms with Crippen LogP contribution in [0.3, 0.4) is 0 Å². The van der Waals surface area contributed by atoms with Crippen molar-refractivity contribution in [2.75, 3.05) is 39.5 Å². The normalized spacial score (nSPS) is 20.4. The molecular weight excluding hydrogens is 190 g/mol. The highest BCUT2D eigenvalue weighted by Gasteiger charge is 2.10. The Hall–Kier alpha value is -0.120. The number of ether oxygens (including phenoxy) is 1. The number of aliphatic hydroxyl groups excluding tert-OH is 1. The molecule has 15 heavy (non-hydrogen) atoms. The van der Waals surface area contributed by atoms with Crippen molar-refractivity contribution < 1.29 is 9.84 Å². The first-order valence-electron chi connectivity index (χ1n) is 6.27. The third-order valence-electron chi connectivity index (χ3n) is 3.28. The molecule has 3 heteroatoms. The maximum atomic E-state index is 9.05. The number of morpholine rings is 1. The summed E-state index contributed by atoms with van der Waals surface area (Å²) in [5, 5.41) is 9.05. The van der Waals surface area contributed by atoms with Crippen LogP contribution in [0.15, 0.2) is 0 Å². The number of hydrogen-bond acceptors (Lipinski definition) is 3. The molecule has 90 valence electrons. The summed E-state index contributed by atoms with van der Waals surface area (Å²) in [5.74, 6) is 0.523. The van der Waals surface area contributed by atoms with E-state index in [1.807, 2.05) is 0 Å². The van der Waals surface area contributed by atoms with Gasteiger partial charge in [0.2, 0.25) is 0 Å². The smallest absolute Gasteiger partial charge is 0.0594 e. The van der Waals surface area contributed by atoms with E-state index in [1.54, 1.807) is 0 Å². The van der Waals surface area contributed by atoms with Crippen molar-refractivity contribution in [3.05, 3.63) is 0 Å². The van der Waals surface area contributed by atoms with E-state index in [-0.39, 0.29) is 0 Å². The van der Waals surface area contributed by atoms with Crippen molar-refractivity contribution in [1.82, 2.24) is 4.90 Å². The molecule has 1 N–H and O–H groups in total. The van der Waals surface area contributed by atoms with Crippen molar-refractivity contribution in [2.24, 2.45) is 5.92 Å². The number of hydrogen-bond donors (Lipinski definition) is 1. The van der Waals surface area contributed by atoms with E-state index in [0.29, 0.717) is 12.5 Å². The van der Waals surface area contributed by atoms with Gasteiger partial charge in [-0.05, 0) is 25.3 Å². The molecule has 0 aliphatic carbocycles. The Morgan fingerprint density at radius 2 is 2.00 bits per heavy atom. The maximum Gasteiger partial charge on any atom is 0.0594 e. The van der Waals surface area contributed by atoms with Gasteiger partial charge in [0.15, 0.2) is 0 Å². The fourth-order valence-electron chi connectivity index (χ4n) is 2.02. The molecule has 0 unspecified atom stereocenters. The molecule has 1 rings (SSSR count). The minimum absolute atomic E-state index is 0.355. The molecule has 0 radical (unpaired) electrons. The molecule has 0 aromatic carbocycles. The Bertz CT molecular complexity index is 143. The zero-order valence-corrected chi connectivity index (χ0v) is 9.95. The predicted octanol–water partition coefficient (Wildman–Crippen LogP) is 1.51. The molecule has 0 saturated carbocycles. The average Bonchev–Trinajstić information content (AvgIpc) is 2.31. The highest BCUT2D eigenvalue weighted by molar-refractivity contribution is 4.62. The molecule has 1 aliphatic rings. The van der Waals surface area contributed by atoms with E-state index in [2.05, 4.69) is 11.8 Å². The van der Waals surface area contributed by atoms with Crippen LogP contribution < -0.4 is 0 Å². The Morgan fingerprint density at radius 3 is 2.60 bits per heavy atom. The summed E-state index contributed by atoms with van der Waals surface area (Å²) in [7, 11) is 0. The summed E-state index contributed by atoms with van der Waals surface area (Å²) >= 11 is 0. The standard InChI is InChI=1S/C12H25NO2/c1-2-12(11-14)5-3-4-6-13-7-9-15-10-8-13/h12,14H,2-11H2,1H3/t12-/m1/s1. The second-order valence-electron chi connectivity index (χ2n) is 4.41. The highest BCUT2D eigenvalue weighted by atomic mass is 16.5. The molecule has 1 fully saturated rings. The van der Waals surface area contributed by atoms with E-state index in [4.69, 9.17) is 9.84 Å². The molecule has 0 aromatic rings. The van der Waals surface area contributed by atoms with Gasteiger partial charge >= 0.3 is 0 Å². The minimum atomic E-state index is 0.355. The number of aliphatic hydroxyl groups is 1. The topological polar surface area (TPSA) is 32.7 Å². The molecule has 1 atom stereocenters. The lowest BCUT2D eigenvalue weighted by Crippen LogP contribution is -2.36. The predicted molar refractivity (Wildman–Crippen MR) is 62.0 cm³/mol. The molecule has 1 heterocycles. The van der Waals surface area contributed by atoms with Crippen LogP contribution in [0, 0.1) is 5.92 Å². The zero-order valence-electron chi connectivity index (χ0n) is 9.95. The van der Waals surface area contributed by atoms with Crippen molar-refractivity contribution >= 4 is 0 Å².